The first-order valence-electron chi connectivity index (χ1n) is 13.3. The van der Waals surface area contributed by atoms with Gasteiger partial charge in [-0.3, -0.25) is 24.0 Å². The lowest BCUT2D eigenvalue weighted by Gasteiger charge is -2.23. The summed E-state index contributed by atoms with van der Waals surface area (Å²) < 4.78 is 0. The van der Waals surface area contributed by atoms with Gasteiger partial charge in [0, 0.05) is 25.1 Å². The monoisotopic (exact) mass is 532 g/mol. The Hall–Kier alpha value is -4.27. The fourth-order valence-electron chi connectivity index (χ4n) is 4.31. The first-order valence-corrected chi connectivity index (χ1v) is 13.3. The van der Waals surface area contributed by atoms with E-state index in [1.54, 1.807) is 6.08 Å². The molecule has 0 saturated carbocycles. The smallest absolute Gasteiger partial charge is 0.289 e. The van der Waals surface area contributed by atoms with Gasteiger partial charge in [-0.1, -0.05) is 80.4 Å². The summed E-state index contributed by atoms with van der Waals surface area (Å²) in [6, 6.07) is 16.3. The predicted molar refractivity (Wildman–Crippen MR) is 148 cm³/mol. The standard InChI is InChI=1S/C30H36N4O5/c1-2-3-14-24(33-26(35)16-15-21-10-6-4-7-11-21)29(38)34-25(19-23-17-18-31-28(23)37)27(36)30(39)32-20-22-12-8-5-9-13-22/h4-13,15-16,23-25H,2-3,14,17-20H2,1H3,(H,31,37)(H,32,39)(H,33,35)(H,34,38)/b16-15+/t23-,24-,25-/m0/s1. The van der Waals surface area contributed by atoms with Crippen molar-refractivity contribution in [2.75, 3.05) is 6.54 Å². The van der Waals surface area contributed by atoms with Crippen LogP contribution in [0.3, 0.4) is 0 Å². The van der Waals surface area contributed by atoms with Crippen molar-refractivity contribution in [3.63, 3.8) is 0 Å². The average molecular weight is 533 g/mol. The minimum absolute atomic E-state index is 0.00246. The normalized spacial score (nSPS) is 16.2. The molecule has 1 aliphatic heterocycles. The van der Waals surface area contributed by atoms with Crippen LogP contribution >= 0.6 is 0 Å². The molecule has 2 aromatic carbocycles. The number of ketones is 1. The lowest BCUT2D eigenvalue weighted by molar-refractivity contribution is -0.141. The molecule has 4 N–H and O–H groups in total. The molecule has 3 rings (SSSR count). The highest BCUT2D eigenvalue weighted by Gasteiger charge is 2.35. The van der Waals surface area contributed by atoms with Crippen LogP contribution in [0.1, 0.15) is 50.2 Å². The molecule has 3 atom stereocenters. The second-order valence-corrected chi connectivity index (χ2v) is 9.55. The number of Topliss-reactive ketones (excluding diaryl/α,β-unsaturated/α-hetero) is 1. The van der Waals surface area contributed by atoms with Crippen molar-refractivity contribution < 1.29 is 24.0 Å². The van der Waals surface area contributed by atoms with Gasteiger partial charge in [-0.05, 0) is 36.5 Å². The van der Waals surface area contributed by atoms with Gasteiger partial charge >= 0.3 is 0 Å². The van der Waals surface area contributed by atoms with Gasteiger partial charge in [0.2, 0.25) is 23.5 Å². The maximum Gasteiger partial charge on any atom is 0.289 e. The predicted octanol–water partition coefficient (Wildman–Crippen LogP) is 2.27. The van der Waals surface area contributed by atoms with Crippen LogP contribution in [0.25, 0.3) is 6.08 Å². The molecule has 39 heavy (non-hydrogen) atoms. The van der Waals surface area contributed by atoms with E-state index in [2.05, 4.69) is 21.3 Å². The summed E-state index contributed by atoms with van der Waals surface area (Å²) in [5.74, 6) is -3.41. The van der Waals surface area contributed by atoms with Crippen LogP contribution in [-0.2, 0) is 30.5 Å². The van der Waals surface area contributed by atoms with E-state index in [1.165, 1.54) is 6.08 Å². The summed E-state index contributed by atoms with van der Waals surface area (Å²) in [6.45, 7) is 2.59. The Morgan fingerprint density at radius 1 is 0.974 bits per heavy atom. The van der Waals surface area contributed by atoms with Gasteiger partial charge in [0.05, 0.1) is 6.04 Å². The SMILES string of the molecule is CCCC[C@H](NC(=O)/C=C/c1ccccc1)C(=O)N[C@@H](C[C@@H]1CCNC1=O)C(=O)C(=O)NCc1ccccc1. The van der Waals surface area contributed by atoms with Crippen molar-refractivity contribution in [3.05, 3.63) is 77.9 Å². The molecule has 0 radical (unpaired) electrons. The molecular weight excluding hydrogens is 496 g/mol. The first kappa shape index (κ1) is 29.3. The quantitative estimate of drug-likeness (QED) is 0.219. The number of benzene rings is 2. The number of carbonyl (C=O) groups excluding carboxylic acids is 5. The molecule has 206 valence electrons. The van der Waals surface area contributed by atoms with E-state index in [0.717, 1.165) is 17.5 Å². The Morgan fingerprint density at radius 3 is 2.31 bits per heavy atom. The van der Waals surface area contributed by atoms with E-state index in [9.17, 15) is 24.0 Å². The molecule has 0 spiro atoms. The number of unbranched alkanes of at least 4 members (excludes halogenated alkanes) is 1. The molecule has 0 unspecified atom stereocenters. The van der Waals surface area contributed by atoms with E-state index in [-0.39, 0.29) is 18.9 Å². The topological polar surface area (TPSA) is 133 Å². The number of hydrogen-bond acceptors (Lipinski definition) is 5. The molecule has 0 bridgehead atoms. The zero-order valence-corrected chi connectivity index (χ0v) is 22.2. The van der Waals surface area contributed by atoms with Crippen molar-refractivity contribution in [1.29, 1.82) is 0 Å². The highest BCUT2D eigenvalue weighted by Crippen LogP contribution is 2.17. The van der Waals surface area contributed by atoms with Crippen molar-refractivity contribution in [2.24, 2.45) is 5.92 Å². The third-order valence-corrected chi connectivity index (χ3v) is 6.54. The lowest BCUT2D eigenvalue weighted by atomic mass is 9.95. The summed E-state index contributed by atoms with van der Waals surface area (Å²) in [5.41, 5.74) is 1.66. The Morgan fingerprint density at radius 2 is 1.67 bits per heavy atom. The Labute approximate surface area is 228 Å². The zero-order chi connectivity index (χ0) is 28.0. The molecule has 9 nitrogen and oxygen atoms in total. The van der Waals surface area contributed by atoms with Gasteiger partial charge in [-0.15, -0.1) is 0 Å². The van der Waals surface area contributed by atoms with E-state index < -0.39 is 41.5 Å². The van der Waals surface area contributed by atoms with Crippen LogP contribution in [0, 0.1) is 5.92 Å². The molecule has 2 aromatic rings. The Balaban J connectivity index is 1.69. The molecular formula is C30H36N4O5. The summed E-state index contributed by atoms with van der Waals surface area (Å²) in [7, 11) is 0. The highest BCUT2D eigenvalue weighted by molar-refractivity contribution is 6.38. The zero-order valence-electron chi connectivity index (χ0n) is 22.2. The second kappa shape index (κ2) is 15.2. The van der Waals surface area contributed by atoms with Crippen molar-refractivity contribution in [2.45, 2.75) is 57.7 Å². The summed E-state index contributed by atoms with van der Waals surface area (Å²) in [5, 5.41) is 10.7. The van der Waals surface area contributed by atoms with E-state index >= 15 is 0 Å². The number of rotatable bonds is 14. The van der Waals surface area contributed by atoms with Crippen LogP contribution in [0.4, 0.5) is 0 Å². The second-order valence-electron chi connectivity index (χ2n) is 9.55. The molecule has 1 fully saturated rings. The number of hydrogen-bond donors (Lipinski definition) is 4. The largest absolute Gasteiger partial charge is 0.356 e. The minimum atomic E-state index is -1.21. The van der Waals surface area contributed by atoms with Crippen LogP contribution in [0.5, 0.6) is 0 Å². The van der Waals surface area contributed by atoms with Gasteiger partial charge in [-0.25, -0.2) is 0 Å². The minimum Gasteiger partial charge on any atom is -0.356 e. The van der Waals surface area contributed by atoms with Gasteiger partial charge < -0.3 is 21.3 Å². The Bertz CT molecular complexity index is 1170. The third-order valence-electron chi connectivity index (χ3n) is 6.54. The van der Waals surface area contributed by atoms with E-state index in [1.807, 2.05) is 67.6 Å². The summed E-state index contributed by atoms with van der Waals surface area (Å²) in [4.78, 5) is 64.0. The van der Waals surface area contributed by atoms with E-state index in [4.69, 9.17) is 0 Å². The number of carbonyl (C=O) groups is 5. The molecule has 1 saturated heterocycles. The van der Waals surface area contributed by atoms with Crippen LogP contribution < -0.4 is 21.3 Å². The van der Waals surface area contributed by atoms with Gasteiger partial charge in [0.15, 0.2) is 0 Å². The fraction of sp³-hybridized carbons (Fsp3) is 0.367. The number of amides is 4. The summed E-state index contributed by atoms with van der Waals surface area (Å²) in [6.07, 6.45) is 5.32. The first-order chi connectivity index (χ1) is 18.9. The van der Waals surface area contributed by atoms with Gasteiger partial charge in [-0.2, -0.15) is 0 Å². The van der Waals surface area contributed by atoms with Gasteiger partial charge in [0.25, 0.3) is 5.91 Å². The van der Waals surface area contributed by atoms with Crippen molar-refractivity contribution >= 4 is 35.5 Å². The van der Waals surface area contributed by atoms with Crippen molar-refractivity contribution in [3.8, 4) is 0 Å². The molecule has 4 amide bonds. The molecule has 0 aliphatic carbocycles. The number of nitrogens with one attached hydrogen (secondary N) is 4. The van der Waals surface area contributed by atoms with Crippen LogP contribution in [0.15, 0.2) is 66.7 Å². The van der Waals surface area contributed by atoms with Crippen molar-refractivity contribution in [1.82, 2.24) is 21.3 Å². The Kier molecular flexibility index (Phi) is 11.4. The van der Waals surface area contributed by atoms with Gasteiger partial charge in [0.1, 0.15) is 6.04 Å². The molecule has 0 aromatic heterocycles. The molecule has 1 aliphatic rings. The molecule has 1 heterocycles. The van der Waals surface area contributed by atoms with E-state index in [0.29, 0.717) is 25.8 Å². The summed E-state index contributed by atoms with van der Waals surface area (Å²) >= 11 is 0. The van der Waals surface area contributed by atoms with Crippen LogP contribution in [-0.4, -0.2) is 48.0 Å². The maximum atomic E-state index is 13.3. The van der Waals surface area contributed by atoms with Crippen LogP contribution in [0.2, 0.25) is 0 Å². The lowest BCUT2D eigenvalue weighted by Crippen LogP contribution is -2.54. The maximum absolute atomic E-state index is 13.3. The highest BCUT2D eigenvalue weighted by atomic mass is 16.2. The third kappa shape index (κ3) is 9.52. The fourth-order valence-corrected chi connectivity index (χ4v) is 4.31. The average Bonchev–Trinajstić information content (AvgIpc) is 3.36. The molecule has 9 heteroatoms.